The first-order valence-electron chi connectivity index (χ1n) is 3.63. The summed E-state index contributed by atoms with van der Waals surface area (Å²) in [5.74, 6) is 4.23. The van der Waals surface area contributed by atoms with E-state index in [1.165, 1.54) is 18.2 Å². The van der Waals surface area contributed by atoms with Crippen LogP contribution in [0, 0.1) is 17.7 Å². The van der Waals surface area contributed by atoms with Crippen molar-refractivity contribution in [1.82, 2.24) is 0 Å². The number of aldehydes is 1. The highest BCUT2D eigenvalue weighted by Crippen LogP contribution is 2.09. The number of halogens is 1. The van der Waals surface area contributed by atoms with Gasteiger partial charge in [0.1, 0.15) is 12.4 Å². The zero-order valence-corrected chi connectivity index (χ0v) is 6.75. The Labute approximate surface area is 75.0 Å². The summed E-state index contributed by atoms with van der Waals surface area (Å²) in [5.41, 5.74) is 0.229. The van der Waals surface area contributed by atoms with Crippen LogP contribution in [-0.2, 0) is 0 Å². The lowest BCUT2D eigenvalue weighted by Crippen LogP contribution is -1.92. The predicted octanol–water partition coefficient (Wildman–Crippen LogP) is 0.982. The van der Waals surface area contributed by atoms with E-state index in [1.807, 2.05) is 0 Å². The molecule has 2 nitrogen and oxygen atoms in total. The fourth-order valence-corrected chi connectivity index (χ4v) is 0.901. The second-order valence-corrected chi connectivity index (χ2v) is 2.28. The van der Waals surface area contributed by atoms with E-state index < -0.39 is 5.82 Å². The van der Waals surface area contributed by atoms with Gasteiger partial charge in [0.2, 0.25) is 0 Å². The Morgan fingerprint density at radius 3 is 2.92 bits per heavy atom. The minimum absolute atomic E-state index is 0.0662. The van der Waals surface area contributed by atoms with Gasteiger partial charge >= 0.3 is 0 Å². The van der Waals surface area contributed by atoms with Crippen LogP contribution in [-0.4, -0.2) is 18.0 Å². The van der Waals surface area contributed by atoms with Gasteiger partial charge in [0.15, 0.2) is 6.29 Å². The molecule has 1 rings (SSSR count). The van der Waals surface area contributed by atoms with E-state index in [9.17, 15) is 9.18 Å². The molecule has 1 N–H and O–H groups in total. The molecule has 0 fully saturated rings. The van der Waals surface area contributed by atoms with Gasteiger partial charge in [-0.3, -0.25) is 4.79 Å². The monoisotopic (exact) mass is 178 g/mol. The third kappa shape index (κ3) is 2.14. The van der Waals surface area contributed by atoms with E-state index in [-0.39, 0.29) is 12.2 Å². The van der Waals surface area contributed by atoms with Crippen molar-refractivity contribution in [2.24, 2.45) is 0 Å². The lowest BCUT2D eigenvalue weighted by Gasteiger charge is -1.96. The topological polar surface area (TPSA) is 37.3 Å². The van der Waals surface area contributed by atoms with Crippen molar-refractivity contribution >= 4 is 6.29 Å². The Hall–Kier alpha value is -1.66. The van der Waals surface area contributed by atoms with E-state index in [4.69, 9.17) is 5.11 Å². The van der Waals surface area contributed by atoms with Gasteiger partial charge in [-0.05, 0) is 12.1 Å². The minimum Gasteiger partial charge on any atom is -0.384 e. The third-order valence-corrected chi connectivity index (χ3v) is 1.47. The van der Waals surface area contributed by atoms with Crippen molar-refractivity contribution in [3.8, 4) is 11.8 Å². The highest BCUT2D eigenvalue weighted by molar-refractivity contribution is 5.79. The molecule has 0 bridgehead atoms. The van der Waals surface area contributed by atoms with Crippen LogP contribution in [0.2, 0.25) is 0 Å². The molecule has 0 saturated heterocycles. The zero-order valence-electron chi connectivity index (χ0n) is 6.75. The van der Waals surface area contributed by atoms with Gasteiger partial charge in [0.25, 0.3) is 0 Å². The number of benzene rings is 1. The first-order chi connectivity index (χ1) is 6.29. The highest BCUT2D eigenvalue weighted by atomic mass is 19.1. The molecule has 0 radical (unpaired) electrons. The molecular weight excluding hydrogens is 171 g/mol. The van der Waals surface area contributed by atoms with Gasteiger partial charge in [-0.25, -0.2) is 4.39 Å². The van der Waals surface area contributed by atoms with Gasteiger partial charge in [-0.1, -0.05) is 17.9 Å². The molecule has 0 aliphatic heterocycles. The van der Waals surface area contributed by atoms with Gasteiger partial charge in [-0.2, -0.15) is 0 Å². The van der Waals surface area contributed by atoms with Crippen LogP contribution in [0.3, 0.4) is 0 Å². The second-order valence-electron chi connectivity index (χ2n) is 2.28. The molecule has 0 heterocycles. The van der Waals surface area contributed by atoms with Crippen molar-refractivity contribution in [3.63, 3.8) is 0 Å². The number of carbonyl (C=O) groups excluding carboxylic acids is 1. The summed E-state index contributed by atoms with van der Waals surface area (Å²) in [6.07, 6.45) is 0.413. The summed E-state index contributed by atoms with van der Waals surface area (Å²) in [6, 6.07) is 4.17. The molecule has 0 atom stereocenters. The third-order valence-electron chi connectivity index (χ3n) is 1.47. The molecule has 0 aromatic heterocycles. The zero-order chi connectivity index (χ0) is 9.68. The molecule has 66 valence electrons. The van der Waals surface area contributed by atoms with Gasteiger partial charge in [0, 0.05) is 5.56 Å². The molecule has 1 aromatic carbocycles. The number of aliphatic hydroxyl groups excluding tert-OH is 1. The Kier molecular flexibility index (Phi) is 3.18. The largest absolute Gasteiger partial charge is 0.384 e. The van der Waals surface area contributed by atoms with Crippen molar-refractivity contribution in [1.29, 1.82) is 0 Å². The summed E-state index contributed by atoms with van der Waals surface area (Å²) in [5, 5.41) is 8.40. The minimum atomic E-state index is -0.597. The van der Waals surface area contributed by atoms with Crippen LogP contribution in [0.25, 0.3) is 0 Å². The van der Waals surface area contributed by atoms with Crippen molar-refractivity contribution in [3.05, 3.63) is 35.1 Å². The number of hydrogen-bond donors (Lipinski definition) is 1. The molecule has 0 unspecified atom stereocenters. The molecule has 0 saturated carbocycles. The van der Waals surface area contributed by atoms with Crippen LogP contribution in [0.15, 0.2) is 18.2 Å². The average molecular weight is 178 g/mol. The molecule has 0 aliphatic rings. The van der Waals surface area contributed by atoms with Crippen molar-refractivity contribution in [2.75, 3.05) is 6.61 Å². The van der Waals surface area contributed by atoms with E-state index in [2.05, 4.69) is 11.8 Å². The smallest absolute Gasteiger partial charge is 0.154 e. The number of rotatable bonds is 1. The lowest BCUT2D eigenvalue weighted by molar-refractivity contribution is 0.111. The first kappa shape index (κ1) is 9.43. The average Bonchev–Trinajstić information content (AvgIpc) is 2.15. The Morgan fingerprint density at radius 2 is 2.31 bits per heavy atom. The maximum atomic E-state index is 12.9. The fraction of sp³-hybridized carbons (Fsp3) is 0.100. The highest BCUT2D eigenvalue weighted by Gasteiger charge is 2.03. The van der Waals surface area contributed by atoms with Gasteiger partial charge in [-0.15, -0.1) is 0 Å². The maximum Gasteiger partial charge on any atom is 0.154 e. The summed E-state index contributed by atoms with van der Waals surface area (Å²) in [7, 11) is 0. The summed E-state index contributed by atoms with van der Waals surface area (Å²) in [4.78, 5) is 10.4. The summed E-state index contributed by atoms with van der Waals surface area (Å²) in [6.45, 7) is -0.311. The van der Waals surface area contributed by atoms with Crippen molar-refractivity contribution in [2.45, 2.75) is 0 Å². The molecule has 0 spiro atoms. The van der Waals surface area contributed by atoms with E-state index >= 15 is 0 Å². The second kappa shape index (κ2) is 4.39. The molecule has 0 amide bonds. The quantitative estimate of drug-likeness (QED) is 0.514. The summed E-state index contributed by atoms with van der Waals surface area (Å²) >= 11 is 0. The summed E-state index contributed by atoms with van der Waals surface area (Å²) < 4.78 is 12.9. The van der Waals surface area contributed by atoms with Crippen molar-refractivity contribution < 1.29 is 14.3 Å². The first-order valence-corrected chi connectivity index (χ1v) is 3.63. The molecular formula is C10H7FO2. The normalized spacial score (nSPS) is 8.77. The molecule has 0 aliphatic carbocycles. The number of aliphatic hydroxyl groups is 1. The van der Waals surface area contributed by atoms with E-state index in [0.29, 0.717) is 11.8 Å². The van der Waals surface area contributed by atoms with Crippen LogP contribution in [0.1, 0.15) is 15.9 Å². The van der Waals surface area contributed by atoms with Crippen LogP contribution in [0.5, 0.6) is 0 Å². The molecule has 13 heavy (non-hydrogen) atoms. The van der Waals surface area contributed by atoms with E-state index in [1.54, 1.807) is 0 Å². The standard InChI is InChI=1S/C10H7FO2/c11-10-5-1-3-8(4-2-6-12)9(10)7-13/h1,3,5,7,12H,6H2. The Morgan fingerprint density at radius 1 is 1.54 bits per heavy atom. The molecule has 1 aromatic rings. The van der Waals surface area contributed by atoms with Crippen LogP contribution < -0.4 is 0 Å². The number of hydrogen-bond acceptors (Lipinski definition) is 2. The van der Waals surface area contributed by atoms with E-state index in [0.717, 1.165) is 0 Å². The molecule has 3 heteroatoms. The number of carbonyl (C=O) groups is 1. The SMILES string of the molecule is O=Cc1c(F)cccc1C#CCO. The fourth-order valence-electron chi connectivity index (χ4n) is 0.901. The van der Waals surface area contributed by atoms with Gasteiger partial charge in [0.05, 0.1) is 5.56 Å². The van der Waals surface area contributed by atoms with Crippen LogP contribution >= 0.6 is 0 Å². The lowest BCUT2D eigenvalue weighted by atomic mass is 10.1. The maximum absolute atomic E-state index is 12.9. The Bertz CT molecular complexity index is 374. The van der Waals surface area contributed by atoms with Crippen LogP contribution in [0.4, 0.5) is 4.39 Å². The Balaban J connectivity index is 3.20. The van der Waals surface area contributed by atoms with Gasteiger partial charge < -0.3 is 5.11 Å². The predicted molar refractivity (Wildman–Crippen MR) is 45.8 cm³/mol.